The molecule has 1 atom stereocenters. The lowest BCUT2D eigenvalue weighted by atomic mass is 10.2. The summed E-state index contributed by atoms with van der Waals surface area (Å²) in [5.41, 5.74) is 0.810. The van der Waals surface area contributed by atoms with Gasteiger partial charge in [-0.15, -0.1) is 11.3 Å². The summed E-state index contributed by atoms with van der Waals surface area (Å²) in [6.45, 7) is 7.49. The molecule has 106 valence electrons. The van der Waals surface area contributed by atoms with Gasteiger partial charge in [0.1, 0.15) is 0 Å². The van der Waals surface area contributed by atoms with E-state index in [1.54, 1.807) is 11.3 Å². The molecular weight excluding hydrogens is 262 g/mol. The Labute approximate surface area is 118 Å². The van der Waals surface area contributed by atoms with Crippen molar-refractivity contribution in [2.24, 2.45) is 0 Å². The van der Waals surface area contributed by atoms with Gasteiger partial charge in [0.2, 0.25) is 0 Å². The highest BCUT2D eigenvalue weighted by Crippen LogP contribution is 2.23. The van der Waals surface area contributed by atoms with Gasteiger partial charge in [0.15, 0.2) is 5.13 Å². The van der Waals surface area contributed by atoms with Crippen LogP contribution in [0.5, 0.6) is 0 Å². The Hall–Kier alpha value is -1.14. The van der Waals surface area contributed by atoms with Crippen LogP contribution < -0.4 is 4.90 Å². The van der Waals surface area contributed by atoms with E-state index >= 15 is 0 Å². The van der Waals surface area contributed by atoms with Crippen molar-refractivity contribution in [3.8, 4) is 0 Å². The van der Waals surface area contributed by atoms with Crippen molar-refractivity contribution in [2.75, 3.05) is 38.2 Å². The number of piperazine rings is 1. The minimum Gasteiger partial charge on any atom is -0.466 e. The van der Waals surface area contributed by atoms with Crippen LogP contribution in [0, 0.1) is 0 Å². The van der Waals surface area contributed by atoms with Gasteiger partial charge in [-0.1, -0.05) is 0 Å². The lowest BCUT2D eigenvalue weighted by Gasteiger charge is -2.37. The number of carbonyl (C=O) groups is 1. The van der Waals surface area contributed by atoms with Gasteiger partial charge in [0, 0.05) is 31.1 Å². The molecule has 1 aromatic heterocycles. The average molecular weight is 283 g/mol. The maximum absolute atomic E-state index is 11.4. The summed E-state index contributed by atoms with van der Waals surface area (Å²) >= 11 is 1.61. The predicted octanol–water partition coefficient (Wildman–Crippen LogP) is 1.39. The van der Waals surface area contributed by atoms with E-state index in [1.165, 1.54) is 0 Å². The number of thiazole rings is 1. The number of rotatable bonds is 4. The number of anilines is 1. The summed E-state index contributed by atoms with van der Waals surface area (Å²) in [6.07, 6.45) is 0.271. The third-order valence-corrected chi connectivity index (χ3v) is 4.35. The van der Waals surface area contributed by atoms with Crippen LogP contribution in [0.15, 0.2) is 5.38 Å². The highest BCUT2D eigenvalue weighted by atomic mass is 32.1. The molecule has 0 amide bonds. The first-order chi connectivity index (χ1) is 9.10. The Kier molecular flexibility index (Phi) is 4.76. The van der Waals surface area contributed by atoms with Gasteiger partial charge in [0.25, 0.3) is 0 Å². The van der Waals surface area contributed by atoms with Gasteiger partial charge >= 0.3 is 5.97 Å². The molecule has 0 aliphatic carbocycles. The van der Waals surface area contributed by atoms with Crippen LogP contribution in [-0.4, -0.2) is 55.2 Å². The van der Waals surface area contributed by atoms with Crippen LogP contribution in [0.2, 0.25) is 0 Å². The molecule has 0 spiro atoms. The molecular formula is C13H21N3O2S. The standard InChI is InChI=1S/C13H21N3O2S/c1-4-18-12(17)7-11-9-19-13(14-11)16-6-5-15(3)10(2)8-16/h9-10H,4-8H2,1-3H3. The van der Waals surface area contributed by atoms with E-state index in [2.05, 4.69) is 28.8 Å². The molecule has 6 heteroatoms. The van der Waals surface area contributed by atoms with Gasteiger partial charge < -0.3 is 14.5 Å². The van der Waals surface area contributed by atoms with Crippen molar-refractivity contribution in [3.05, 3.63) is 11.1 Å². The summed E-state index contributed by atoms with van der Waals surface area (Å²) in [5.74, 6) is -0.203. The molecule has 0 saturated carbocycles. The van der Waals surface area contributed by atoms with E-state index < -0.39 is 0 Å². The van der Waals surface area contributed by atoms with Crippen LogP contribution in [0.4, 0.5) is 5.13 Å². The second kappa shape index (κ2) is 6.34. The molecule has 5 nitrogen and oxygen atoms in total. The zero-order valence-electron chi connectivity index (χ0n) is 11.8. The smallest absolute Gasteiger partial charge is 0.311 e. The van der Waals surface area contributed by atoms with E-state index in [4.69, 9.17) is 4.74 Å². The predicted molar refractivity (Wildman–Crippen MR) is 76.8 cm³/mol. The SMILES string of the molecule is CCOC(=O)Cc1csc(N2CCN(C)C(C)C2)n1. The molecule has 1 aliphatic rings. The monoisotopic (exact) mass is 283 g/mol. The molecule has 1 aliphatic heterocycles. The summed E-state index contributed by atoms with van der Waals surface area (Å²) in [7, 11) is 2.15. The number of ether oxygens (including phenoxy) is 1. The van der Waals surface area contributed by atoms with Crippen LogP contribution in [0.25, 0.3) is 0 Å². The first-order valence-electron chi connectivity index (χ1n) is 6.65. The number of hydrogen-bond donors (Lipinski definition) is 0. The van der Waals surface area contributed by atoms with Crippen molar-refractivity contribution in [3.63, 3.8) is 0 Å². The second-order valence-electron chi connectivity index (χ2n) is 4.88. The van der Waals surface area contributed by atoms with Crippen molar-refractivity contribution in [2.45, 2.75) is 26.3 Å². The Balaban J connectivity index is 1.95. The van der Waals surface area contributed by atoms with E-state index in [-0.39, 0.29) is 12.4 Å². The summed E-state index contributed by atoms with van der Waals surface area (Å²) in [6, 6.07) is 0.533. The van der Waals surface area contributed by atoms with Crippen molar-refractivity contribution >= 4 is 22.4 Å². The highest BCUT2D eigenvalue weighted by molar-refractivity contribution is 7.13. The maximum Gasteiger partial charge on any atom is 0.311 e. The van der Waals surface area contributed by atoms with Crippen LogP contribution in [-0.2, 0) is 16.0 Å². The molecule has 0 N–H and O–H groups in total. The fourth-order valence-electron chi connectivity index (χ4n) is 2.10. The molecule has 0 aromatic carbocycles. The molecule has 2 heterocycles. The summed E-state index contributed by atoms with van der Waals surface area (Å²) < 4.78 is 4.94. The third-order valence-electron chi connectivity index (χ3n) is 3.40. The third kappa shape index (κ3) is 3.67. The molecule has 0 radical (unpaired) electrons. The normalized spacial score (nSPS) is 20.6. The summed E-state index contributed by atoms with van der Waals surface area (Å²) in [5, 5.41) is 2.97. The lowest BCUT2D eigenvalue weighted by molar-refractivity contribution is -0.142. The van der Waals surface area contributed by atoms with Crippen LogP contribution in [0.3, 0.4) is 0 Å². The second-order valence-corrected chi connectivity index (χ2v) is 5.72. The minimum atomic E-state index is -0.203. The maximum atomic E-state index is 11.4. The summed E-state index contributed by atoms with van der Waals surface area (Å²) in [4.78, 5) is 20.6. The van der Waals surface area contributed by atoms with E-state index in [0.29, 0.717) is 12.6 Å². The fraction of sp³-hybridized carbons (Fsp3) is 0.692. The molecule has 1 aromatic rings. The van der Waals surface area contributed by atoms with Crippen LogP contribution >= 0.6 is 11.3 Å². The van der Waals surface area contributed by atoms with Gasteiger partial charge in [-0.3, -0.25) is 4.79 Å². The fourth-order valence-corrected chi connectivity index (χ4v) is 2.97. The Morgan fingerprint density at radius 3 is 3.05 bits per heavy atom. The first-order valence-corrected chi connectivity index (χ1v) is 7.53. The first kappa shape index (κ1) is 14.3. The van der Waals surface area contributed by atoms with E-state index in [9.17, 15) is 4.79 Å². The number of aromatic nitrogens is 1. The number of hydrogen-bond acceptors (Lipinski definition) is 6. The van der Waals surface area contributed by atoms with Gasteiger partial charge in [-0.05, 0) is 20.9 Å². The largest absolute Gasteiger partial charge is 0.466 e. The Morgan fingerprint density at radius 2 is 2.37 bits per heavy atom. The molecule has 0 bridgehead atoms. The number of nitrogens with zero attached hydrogens (tertiary/aromatic N) is 3. The van der Waals surface area contributed by atoms with Crippen molar-refractivity contribution in [1.29, 1.82) is 0 Å². The Bertz CT molecular complexity index is 435. The van der Waals surface area contributed by atoms with Crippen LogP contribution in [0.1, 0.15) is 19.5 Å². The molecule has 19 heavy (non-hydrogen) atoms. The number of carbonyl (C=O) groups excluding carboxylic acids is 1. The number of likely N-dealkylation sites (N-methyl/N-ethyl adjacent to an activating group) is 1. The zero-order chi connectivity index (χ0) is 13.8. The van der Waals surface area contributed by atoms with Gasteiger partial charge in [-0.2, -0.15) is 0 Å². The van der Waals surface area contributed by atoms with Gasteiger partial charge in [0.05, 0.1) is 18.7 Å². The molecule has 1 unspecified atom stereocenters. The minimum absolute atomic E-state index is 0.203. The number of esters is 1. The molecule has 2 rings (SSSR count). The van der Waals surface area contributed by atoms with Gasteiger partial charge in [-0.25, -0.2) is 4.98 Å². The zero-order valence-corrected chi connectivity index (χ0v) is 12.6. The van der Waals surface area contributed by atoms with Crippen molar-refractivity contribution < 1.29 is 9.53 Å². The molecule has 1 fully saturated rings. The average Bonchev–Trinajstić information content (AvgIpc) is 2.81. The highest BCUT2D eigenvalue weighted by Gasteiger charge is 2.22. The Morgan fingerprint density at radius 1 is 1.58 bits per heavy atom. The quantitative estimate of drug-likeness (QED) is 0.781. The van der Waals surface area contributed by atoms with E-state index in [1.807, 2.05) is 12.3 Å². The van der Waals surface area contributed by atoms with Crippen molar-refractivity contribution in [1.82, 2.24) is 9.88 Å². The molecule has 1 saturated heterocycles. The van der Waals surface area contributed by atoms with E-state index in [0.717, 1.165) is 30.5 Å². The lowest BCUT2D eigenvalue weighted by Crippen LogP contribution is -2.50. The topological polar surface area (TPSA) is 45.7 Å².